The SMILES string of the molecule is NCCOCCOCCOCCCc1cccc2c1C(=O)N(C1CCC(=O)NC1=O)C2=O. The maximum Gasteiger partial charge on any atom is 0.262 e. The van der Waals surface area contributed by atoms with Crippen LogP contribution in [-0.4, -0.2) is 80.8 Å². The molecule has 174 valence electrons. The molecule has 0 saturated carbocycles. The first-order chi connectivity index (χ1) is 15.5. The van der Waals surface area contributed by atoms with Gasteiger partial charge in [-0.3, -0.25) is 29.4 Å². The monoisotopic (exact) mass is 447 g/mol. The average molecular weight is 447 g/mol. The molecule has 1 fully saturated rings. The highest BCUT2D eigenvalue weighted by molar-refractivity contribution is 6.24. The van der Waals surface area contributed by atoms with Gasteiger partial charge in [-0.05, 0) is 30.9 Å². The minimum absolute atomic E-state index is 0.0957. The van der Waals surface area contributed by atoms with Crippen LogP contribution in [0.2, 0.25) is 0 Å². The van der Waals surface area contributed by atoms with Crippen LogP contribution < -0.4 is 11.1 Å². The van der Waals surface area contributed by atoms with Crippen molar-refractivity contribution in [1.29, 1.82) is 0 Å². The van der Waals surface area contributed by atoms with Crippen LogP contribution in [-0.2, 0) is 30.2 Å². The van der Waals surface area contributed by atoms with Gasteiger partial charge in [0.1, 0.15) is 6.04 Å². The van der Waals surface area contributed by atoms with Crippen LogP contribution in [0, 0.1) is 0 Å². The molecule has 1 unspecified atom stereocenters. The topological polar surface area (TPSA) is 137 Å². The van der Waals surface area contributed by atoms with Crippen LogP contribution in [0.5, 0.6) is 0 Å². The number of hydrogen-bond donors (Lipinski definition) is 2. The van der Waals surface area contributed by atoms with Crippen molar-refractivity contribution < 1.29 is 33.4 Å². The first-order valence-corrected chi connectivity index (χ1v) is 10.8. The Hall–Kier alpha value is -2.66. The number of carbonyl (C=O) groups excluding carboxylic acids is 4. The van der Waals surface area contributed by atoms with Crippen molar-refractivity contribution in [2.24, 2.45) is 5.73 Å². The van der Waals surface area contributed by atoms with Gasteiger partial charge < -0.3 is 19.9 Å². The van der Waals surface area contributed by atoms with Gasteiger partial charge in [-0.1, -0.05) is 12.1 Å². The highest BCUT2D eigenvalue weighted by Gasteiger charge is 2.45. The quantitative estimate of drug-likeness (QED) is 0.319. The summed E-state index contributed by atoms with van der Waals surface area (Å²) in [6.45, 7) is 3.38. The lowest BCUT2D eigenvalue weighted by molar-refractivity contribution is -0.136. The maximum absolute atomic E-state index is 13.0. The van der Waals surface area contributed by atoms with Crippen molar-refractivity contribution in [3.63, 3.8) is 0 Å². The average Bonchev–Trinajstić information content (AvgIpc) is 3.03. The second-order valence-electron chi connectivity index (χ2n) is 7.52. The van der Waals surface area contributed by atoms with E-state index in [1.807, 2.05) is 6.07 Å². The van der Waals surface area contributed by atoms with E-state index in [4.69, 9.17) is 19.9 Å². The summed E-state index contributed by atoms with van der Waals surface area (Å²) in [5.41, 5.74) is 6.70. The number of benzene rings is 1. The maximum atomic E-state index is 13.0. The first kappa shape index (κ1) is 24.0. The molecule has 0 radical (unpaired) electrons. The highest BCUT2D eigenvalue weighted by atomic mass is 16.5. The molecule has 1 aromatic carbocycles. The van der Waals surface area contributed by atoms with Crippen LogP contribution in [0.25, 0.3) is 0 Å². The summed E-state index contributed by atoms with van der Waals surface area (Å²) in [7, 11) is 0. The van der Waals surface area contributed by atoms with Gasteiger partial charge in [-0.25, -0.2) is 0 Å². The van der Waals surface area contributed by atoms with E-state index in [2.05, 4.69) is 5.32 Å². The number of nitrogens with one attached hydrogen (secondary N) is 1. The van der Waals surface area contributed by atoms with Crippen LogP contribution >= 0.6 is 0 Å². The van der Waals surface area contributed by atoms with Gasteiger partial charge in [-0.15, -0.1) is 0 Å². The van der Waals surface area contributed by atoms with Crippen LogP contribution in [0.4, 0.5) is 0 Å². The Bertz CT molecular complexity index is 858. The Balaban J connectivity index is 1.47. The molecule has 2 heterocycles. The minimum Gasteiger partial charge on any atom is -0.379 e. The summed E-state index contributed by atoms with van der Waals surface area (Å²) < 4.78 is 16.1. The summed E-state index contributed by atoms with van der Waals surface area (Å²) >= 11 is 0. The summed E-state index contributed by atoms with van der Waals surface area (Å²) in [4.78, 5) is 50.4. The Morgan fingerprint density at radius 1 is 0.938 bits per heavy atom. The Morgan fingerprint density at radius 3 is 2.31 bits per heavy atom. The molecule has 3 rings (SSSR count). The van der Waals surface area contributed by atoms with E-state index in [-0.39, 0.29) is 12.8 Å². The lowest BCUT2D eigenvalue weighted by Gasteiger charge is -2.27. The van der Waals surface area contributed by atoms with E-state index in [1.165, 1.54) is 0 Å². The van der Waals surface area contributed by atoms with E-state index >= 15 is 0 Å². The molecule has 0 aliphatic carbocycles. The van der Waals surface area contributed by atoms with Gasteiger partial charge in [0.25, 0.3) is 11.8 Å². The van der Waals surface area contributed by atoms with Crippen LogP contribution in [0.15, 0.2) is 18.2 Å². The second-order valence-corrected chi connectivity index (χ2v) is 7.52. The summed E-state index contributed by atoms with van der Waals surface area (Å²) in [5, 5.41) is 2.20. The third-order valence-electron chi connectivity index (χ3n) is 5.30. The number of carbonyl (C=O) groups is 4. The van der Waals surface area contributed by atoms with Crippen molar-refractivity contribution in [3.8, 4) is 0 Å². The zero-order chi connectivity index (χ0) is 22.9. The second kappa shape index (κ2) is 11.8. The summed E-state index contributed by atoms with van der Waals surface area (Å²) in [5.74, 6) is -1.99. The molecule has 1 aromatic rings. The van der Waals surface area contributed by atoms with Crippen molar-refractivity contribution in [1.82, 2.24) is 10.2 Å². The zero-order valence-corrected chi connectivity index (χ0v) is 18.0. The smallest absolute Gasteiger partial charge is 0.262 e. The van der Waals surface area contributed by atoms with E-state index in [0.717, 1.165) is 10.5 Å². The normalized spacial score (nSPS) is 18.3. The zero-order valence-electron chi connectivity index (χ0n) is 18.0. The summed E-state index contributed by atoms with van der Waals surface area (Å²) in [6, 6.07) is 4.17. The van der Waals surface area contributed by atoms with Gasteiger partial charge in [0.05, 0.1) is 44.2 Å². The molecular formula is C22H29N3O7. The van der Waals surface area contributed by atoms with E-state index in [1.54, 1.807) is 12.1 Å². The number of ether oxygens (including phenoxy) is 3. The highest BCUT2D eigenvalue weighted by Crippen LogP contribution is 2.30. The third kappa shape index (κ3) is 5.77. The van der Waals surface area contributed by atoms with Crippen molar-refractivity contribution in [3.05, 3.63) is 34.9 Å². The molecule has 0 aromatic heterocycles. The summed E-state index contributed by atoms with van der Waals surface area (Å²) in [6.07, 6.45) is 1.45. The Kier molecular flexibility index (Phi) is 8.86. The standard InChI is InChI=1S/C22H29N3O7/c23-8-10-31-12-14-32-13-11-30-9-2-4-15-3-1-5-16-19(15)22(29)25(21(16)28)17-6-7-18(26)24-20(17)27/h1,3,5,17H,2,4,6-14,23H2,(H,24,26,27). The molecule has 10 heteroatoms. The lowest BCUT2D eigenvalue weighted by atomic mass is 9.99. The Labute approximate surface area is 186 Å². The van der Waals surface area contributed by atoms with Crippen molar-refractivity contribution >= 4 is 23.6 Å². The molecular weight excluding hydrogens is 418 g/mol. The number of imide groups is 2. The number of nitrogens with two attached hydrogens (primary N) is 1. The van der Waals surface area contributed by atoms with E-state index in [0.29, 0.717) is 70.2 Å². The number of aryl methyl sites for hydroxylation is 1. The van der Waals surface area contributed by atoms with Crippen molar-refractivity contribution in [2.75, 3.05) is 46.2 Å². The molecule has 1 atom stereocenters. The molecule has 10 nitrogen and oxygen atoms in total. The Morgan fingerprint density at radius 2 is 1.62 bits per heavy atom. The van der Waals surface area contributed by atoms with Crippen LogP contribution in [0.1, 0.15) is 45.5 Å². The first-order valence-electron chi connectivity index (χ1n) is 10.8. The van der Waals surface area contributed by atoms with Gasteiger partial charge in [-0.2, -0.15) is 0 Å². The fourth-order valence-electron chi connectivity index (χ4n) is 3.78. The minimum atomic E-state index is -0.961. The number of piperidine rings is 1. The molecule has 0 bridgehead atoms. The molecule has 0 spiro atoms. The predicted molar refractivity (Wildman–Crippen MR) is 113 cm³/mol. The number of nitrogens with zero attached hydrogens (tertiary/aromatic N) is 1. The van der Waals surface area contributed by atoms with Gasteiger partial charge in [0, 0.05) is 19.6 Å². The molecule has 1 saturated heterocycles. The van der Waals surface area contributed by atoms with Gasteiger partial charge in [0.15, 0.2) is 0 Å². The van der Waals surface area contributed by atoms with Gasteiger partial charge in [0.2, 0.25) is 11.8 Å². The molecule has 32 heavy (non-hydrogen) atoms. The number of hydrogen-bond acceptors (Lipinski definition) is 8. The lowest BCUT2D eigenvalue weighted by Crippen LogP contribution is -2.54. The van der Waals surface area contributed by atoms with Crippen molar-refractivity contribution in [2.45, 2.75) is 31.7 Å². The molecule has 2 aliphatic rings. The fraction of sp³-hybridized carbons (Fsp3) is 0.545. The fourth-order valence-corrected chi connectivity index (χ4v) is 3.78. The third-order valence-corrected chi connectivity index (χ3v) is 5.30. The molecule has 4 amide bonds. The van der Waals surface area contributed by atoms with Gasteiger partial charge >= 0.3 is 0 Å². The molecule has 2 aliphatic heterocycles. The van der Waals surface area contributed by atoms with E-state index < -0.39 is 29.7 Å². The molecule has 3 N–H and O–H groups in total. The predicted octanol–water partition coefficient (Wildman–Crippen LogP) is 0.0289. The number of fused-ring (bicyclic) bond motifs is 1. The number of amides is 4. The number of rotatable bonds is 13. The van der Waals surface area contributed by atoms with Crippen LogP contribution in [0.3, 0.4) is 0 Å². The van der Waals surface area contributed by atoms with E-state index in [9.17, 15) is 19.2 Å². The largest absolute Gasteiger partial charge is 0.379 e.